The number of nitrogens with one attached hydrogen (secondary N) is 1. The van der Waals surface area contributed by atoms with Crippen LogP contribution in [-0.2, 0) is 14.3 Å². The molecule has 1 unspecified atom stereocenters. The van der Waals surface area contributed by atoms with Gasteiger partial charge in [0.15, 0.2) is 0 Å². The van der Waals surface area contributed by atoms with Crippen LogP contribution in [-0.4, -0.2) is 52.7 Å². The second-order valence-corrected chi connectivity index (χ2v) is 9.27. The van der Waals surface area contributed by atoms with Gasteiger partial charge in [-0.05, 0) is 47.9 Å². The van der Waals surface area contributed by atoms with Gasteiger partial charge in [-0.15, -0.1) is 6.58 Å². The van der Waals surface area contributed by atoms with Gasteiger partial charge < -0.3 is 20.1 Å². The van der Waals surface area contributed by atoms with E-state index >= 15 is 0 Å². The first-order valence-corrected chi connectivity index (χ1v) is 11.8. The number of alkyl carbamates (subject to hydrolysis) is 1. The minimum atomic E-state index is -0.866. The molecular formula is C27H28N2O5. The molecule has 2 aromatic carbocycles. The highest BCUT2D eigenvalue weighted by Gasteiger charge is 2.52. The maximum absolute atomic E-state index is 13.3. The van der Waals surface area contributed by atoms with Crippen molar-refractivity contribution in [2.45, 2.75) is 49.7 Å². The molecule has 2 aromatic rings. The van der Waals surface area contributed by atoms with Gasteiger partial charge in [0.2, 0.25) is 5.91 Å². The highest BCUT2D eigenvalue weighted by Crippen LogP contribution is 2.45. The normalized spacial score (nSPS) is 23.2. The smallest absolute Gasteiger partial charge is 0.407 e. The van der Waals surface area contributed by atoms with Gasteiger partial charge in [-0.25, -0.2) is 4.79 Å². The maximum Gasteiger partial charge on any atom is 0.407 e. The monoisotopic (exact) mass is 460 g/mol. The molecule has 2 heterocycles. The number of nitrogens with zero attached hydrogens (tertiary/aromatic N) is 1. The Morgan fingerprint density at radius 3 is 2.32 bits per heavy atom. The van der Waals surface area contributed by atoms with Crippen LogP contribution in [0.15, 0.2) is 61.2 Å². The summed E-state index contributed by atoms with van der Waals surface area (Å²) in [5, 5.41) is 12.2. The molecule has 2 fully saturated rings. The Bertz CT molecular complexity index is 1100. The van der Waals surface area contributed by atoms with E-state index in [4.69, 9.17) is 4.74 Å². The third-order valence-electron chi connectivity index (χ3n) is 7.44. The first-order chi connectivity index (χ1) is 16.5. The fourth-order valence-electron chi connectivity index (χ4n) is 5.95. The van der Waals surface area contributed by atoms with E-state index in [-0.39, 0.29) is 36.9 Å². The third kappa shape index (κ3) is 3.75. The summed E-state index contributed by atoms with van der Waals surface area (Å²) in [6.45, 7) is 3.87. The number of amides is 2. The van der Waals surface area contributed by atoms with Gasteiger partial charge in [-0.3, -0.25) is 9.59 Å². The predicted octanol–water partition coefficient (Wildman–Crippen LogP) is 3.93. The summed E-state index contributed by atoms with van der Waals surface area (Å²) in [5.74, 6) is -1.74. The van der Waals surface area contributed by atoms with Gasteiger partial charge in [-0.1, -0.05) is 54.6 Å². The lowest BCUT2D eigenvalue weighted by Crippen LogP contribution is -2.50. The zero-order valence-corrected chi connectivity index (χ0v) is 18.9. The topological polar surface area (TPSA) is 95.9 Å². The minimum absolute atomic E-state index is 0.0718. The molecule has 3 aliphatic rings. The number of carbonyl (C=O) groups is 3. The summed E-state index contributed by atoms with van der Waals surface area (Å²) < 4.78 is 5.61. The average Bonchev–Trinajstić information content (AvgIpc) is 3.52. The number of hydrogen-bond donors (Lipinski definition) is 2. The molecule has 5 rings (SSSR count). The van der Waals surface area contributed by atoms with Crippen molar-refractivity contribution in [3.63, 3.8) is 0 Å². The molecule has 0 radical (unpaired) electrons. The molecule has 0 saturated carbocycles. The van der Waals surface area contributed by atoms with Gasteiger partial charge in [0.05, 0.1) is 5.92 Å². The number of hydrogen-bond acceptors (Lipinski definition) is 4. The van der Waals surface area contributed by atoms with Crippen molar-refractivity contribution in [3.8, 4) is 11.1 Å². The largest absolute Gasteiger partial charge is 0.481 e. The van der Waals surface area contributed by atoms with Crippen LogP contribution in [0.5, 0.6) is 0 Å². The van der Waals surface area contributed by atoms with E-state index in [1.807, 2.05) is 36.4 Å². The number of benzene rings is 2. The van der Waals surface area contributed by atoms with Crippen molar-refractivity contribution in [1.82, 2.24) is 10.2 Å². The molecule has 176 valence electrons. The number of carboxylic acids is 1. The van der Waals surface area contributed by atoms with E-state index in [1.54, 1.807) is 11.0 Å². The Morgan fingerprint density at radius 1 is 1.09 bits per heavy atom. The van der Waals surface area contributed by atoms with Crippen molar-refractivity contribution < 1.29 is 24.2 Å². The molecule has 34 heavy (non-hydrogen) atoms. The van der Waals surface area contributed by atoms with Gasteiger partial charge in [-0.2, -0.15) is 0 Å². The molecule has 2 aliphatic heterocycles. The van der Waals surface area contributed by atoms with Crippen LogP contribution in [0.4, 0.5) is 4.79 Å². The van der Waals surface area contributed by atoms with E-state index in [9.17, 15) is 19.5 Å². The van der Waals surface area contributed by atoms with E-state index in [0.717, 1.165) is 28.7 Å². The minimum Gasteiger partial charge on any atom is -0.481 e. The van der Waals surface area contributed by atoms with E-state index in [2.05, 4.69) is 24.0 Å². The number of ether oxygens (including phenoxy) is 1. The van der Waals surface area contributed by atoms with E-state index < -0.39 is 24.0 Å². The van der Waals surface area contributed by atoms with Crippen LogP contribution in [0.25, 0.3) is 11.1 Å². The second kappa shape index (κ2) is 8.97. The first-order valence-electron chi connectivity index (χ1n) is 11.8. The summed E-state index contributed by atoms with van der Waals surface area (Å²) in [6.07, 6.45) is 3.11. The van der Waals surface area contributed by atoms with Crippen molar-refractivity contribution in [2.75, 3.05) is 6.61 Å². The molecule has 2 saturated heterocycles. The molecular weight excluding hydrogens is 432 g/mol. The molecule has 2 bridgehead atoms. The van der Waals surface area contributed by atoms with Crippen LogP contribution in [0.2, 0.25) is 0 Å². The Morgan fingerprint density at radius 2 is 1.74 bits per heavy atom. The van der Waals surface area contributed by atoms with Crippen LogP contribution >= 0.6 is 0 Å². The summed E-state index contributed by atoms with van der Waals surface area (Å²) in [4.78, 5) is 39.3. The highest BCUT2D eigenvalue weighted by molar-refractivity contribution is 5.88. The summed E-state index contributed by atoms with van der Waals surface area (Å²) in [7, 11) is 0. The maximum atomic E-state index is 13.3. The summed E-state index contributed by atoms with van der Waals surface area (Å²) >= 11 is 0. The first kappa shape index (κ1) is 22.2. The molecule has 7 heteroatoms. The van der Waals surface area contributed by atoms with Crippen molar-refractivity contribution >= 4 is 18.0 Å². The standard InChI is InChI=1S/C27H28N2O5/c1-2-7-23(25(30)29-16-12-13-24(29)21(14-16)26(31)32)28-27(33)34-15-22-19-10-5-3-8-17(19)18-9-4-6-11-20(18)22/h2-6,8-11,16,21-24H,1,7,12-15H2,(H,28,33)(H,31,32)/t16-,21+,23?,24+/m0/s1. The molecule has 2 N–H and O–H groups in total. The van der Waals surface area contributed by atoms with Crippen LogP contribution < -0.4 is 5.32 Å². The van der Waals surface area contributed by atoms with Crippen molar-refractivity contribution in [2.24, 2.45) is 5.92 Å². The van der Waals surface area contributed by atoms with Crippen LogP contribution in [0.1, 0.15) is 42.7 Å². The van der Waals surface area contributed by atoms with Crippen molar-refractivity contribution in [1.29, 1.82) is 0 Å². The number of carbonyl (C=O) groups excluding carboxylic acids is 2. The predicted molar refractivity (Wildman–Crippen MR) is 126 cm³/mol. The number of fused-ring (bicyclic) bond motifs is 5. The Hall–Kier alpha value is -3.61. The lowest BCUT2D eigenvalue weighted by molar-refractivity contribution is -0.143. The fourth-order valence-corrected chi connectivity index (χ4v) is 5.95. The lowest BCUT2D eigenvalue weighted by atomic mass is 9.89. The van der Waals surface area contributed by atoms with Gasteiger partial charge >= 0.3 is 12.1 Å². The Balaban J connectivity index is 1.26. The number of aliphatic carboxylic acids is 1. The summed E-state index contributed by atoms with van der Waals surface area (Å²) in [5.41, 5.74) is 4.51. The zero-order chi connectivity index (χ0) is 23.8. The Kier molecular flexibility index (Phi) is 5.86. The van der Waals surface area contributed by atoms with Gasteiger partial charge in [0, 0.05) is 18.0 Å². The van der Waals surface area contributed by atoms with Gasteiger partial charge in [0.25, 0.3) is 0 Å². The molecule has 2 amide bonds. The van der Waals surface area contributed by atoms with Crippen LogP contribution in [0.3, 0.4) is 0 Å². The quantitative estimate of drug-likeness (QED) is 0.611. The Labute approximate surface area is 198 Å². The lowest BCUT2D eigenvalue weighted by Gasteiger charge is -2.28. The summed E-state index contributed by atoms with van der Waals surface area (Å²) in [6, 6.07) is 15.0. The van der Waals surface area contributed by atoms with E-state index in [1.165, 1.54) is 0 Å². The van der Waals surface area contributed by atoms with Crippen LogP contribution in [0, 0.1) is 5.92 Å². The zero-order valence-electron chi connectivity index (χ0n) is 18.9. The molecule has 0 aromatic heterocycles. The molecule has 0 spiro atoms. The molecule has 1 aliphatic carbocycles. The van der Waals surface area contributed by atoms with Crippen molar-refractivity contribution in [3.05, 3.63) is 72.3 Å². The molecule has 7 nitrogen and oxygen atoms in total. The average molecular weight is 461 g/mol. The van der Waals surface area contributed by atoms with Gasteiger partial charge in [0.1, 0.15) is 12.6 Å². The second-order valence-electron chi connectivity index (χ2n) is 9.27. The SMILES string of the molecule is C=CCC(NC(=O)OCC1c2ccccc2-c2ccccc21)C(=O)N1[C@H]2CC[C@@H]1[C@H](C(=O)O)C2. The highest BCUT2D eigenvalue weighted by atomic mass is 16.5. The number of rotatable bonds is 7. The molecule has 4 atom stereocenters. The fraction of sp³-hybridized carbons (Fsp3) is 0.370. The third-order valence-corrected chi connectivity index (χ3v) is 7.44. The number of carboxylic acid groups (broad SMARTS) is 1. The van der Waals surface area contributed by atoms with E-state index in [0.29, 0.717) is 12.8 Å².